The van der Waals surface area contributed by atoms with Gasteiger partial charge in [-0.2, -0.15) is 0 Å². The van der Waals surface area contributed by atoms with Crippen molar-refractivity contribution < 1.29 is 0 Å². The molecule has 3 aromatic carbocycles. The van der Waals surface area contributed by atoms with Crippen molar-refractivity contribution in [3.63, 3.8) is 0 Å². The van der Waals surface area contributed by atoms with E-state index >= 15 is 0 Å². The van der Waals surface area contributed by atoms with Crippen LogP contribution in [0.15, 0.2) is 84.9 Å². The van der Waals surface area contributed by atoms with Crippen LogP contribution in [0.2, 0.25) is 0 Å². The molecule has 0 aliphatic carbocycles. The van der Waals surface area contributed by atoms with Crippen molar-refractivity contribution in [3.8, 4) is 0 Å². The van der Waals surface area contributed by atoms with Gasteiger partial charge < -0.3 is 0 Å². The summed E-state index contributed by atoms with van der Waals surface area (Å²) in [5.74, 6) is 0. The number of alkyl halides is 1. The molecule has 116 valence electrons. The van der Waals surface area contributed by atoms with Gasteiger partial charge in [-0.1, -0.05) is 101 Å². The standard InChI is InChI=1S/C22H21Br/c23-22(17-20-9-5-2-6-10-20)21-15-13-19(14-16-21)12-11-18-7-3-1-4-8-18/h1-10,13-16,22H,11-12,17H2. The summed E-state index contributed by atoms with van der Waals surface area (Å²) < 4.78 is 0. The minimum Gasteiger partial charge on any atom is -0.0835 e. The Kier molecular flexibility index (Phi) is 5.65. The normalized spacial score (nSPS) is 12.0. The lowest BCUT2D eigenvalue weighted by Crippen LogP contribution is -1.96. The van der Waals surface area contributed by atoms with Gasteiger partial charge in [0.25, 0.3) is 0 Å². The average molecular weight is 365 g/mol. The number of aryl methyl sites for hydroxylation is 2. The van der Waals surface area contributed by atoms with Gasteiger partial charge in [-0.05, 0) is 41.5 Å². The lowest BCUT2D eigenvalue weighted by molar-refractivity contribution is 0.934. The third-order valence-electron chi connectivity index (χ3n) is 4.14. The van der Waals surface area contributed by atoms with Crippen molar-refractivity contribution >= 4 is 15.9 Å². The van der Waals surface area contributed by atoms with Crippen LogP contribution in [0.5, 0.6) is 0 Å². The highest BCUT2D eigenvalue weighted by molar-refractivity contribution is 9.09. The van der Waals surface area contributed by atoms with Crippen LogP contribution < -0.4 is 0 Å². The number of hydrogen-bond donors (Lipinski definition) is 0. The number of hydrogen-bond acceptors (Lipinski definition) is 0. The van der Waals surface area contributed by atoms with E-state index in [4.69, 9.17) is 0 Å². The molecule has 0 saturated heterocycles. The minimum atomic E-state index is 0.369. The van der Waals surface area contributed by atoms with Gasteiger partial charge in [0.15, 0.2) is 0 Å². The fourth-order valence-electron chi connectivity index (χ4n) is 2.77. The second-order valence-electron chi connectivity index (χ2n) is 5.88. The van der Waals surface area contributed by atoms with Crippen molar-refractivity contribution in [2.24, 2.45) is 0 Å². The first-order valence-electron chi connectivity index (χ1n) is 8.12. The first-order chi connectivity index (χ1) is 11.3. The first-order valence-corrected chi connectivity index (χ1v) is 9.03. The second-order valence-corrected chi connectivity index (χ2v) is 6.99. The molecule has 0 spiro atoms. The zero-order valence-electron chi connectivity index (χ0n) is 13.2. The zero-order chi connectivity index (χ0) is 15.9. The van der Waals surface area contributed by atoms with Gasteiger partial charge in [-0.25, -0.2) is 0 Å². The van der Waals surface area contributed by atoms with E-state index in [9.17, 15) is 0 Å². The van der Waals surface area contributed by atoms with Gasteiger partial charge in [-0.15, -0.1) is 0 Å². The van der Waals surface area contributed by atoms with Gasteiger partial charge in [0.2, 0.25) is 0 Å². The molecular formula is C22H21Br. The summed E-state index contributed by atoms with van der Waals surface area (Å²) in [4.78, 5) is 0.369. The predicted molar refractivity (Wildman–Crippen MR) is 102 cm³/mol. The van der Waals surface area contributed by atoms with Crippen molar-refractivity contribution in [1.82, 2.24) is 0 Å². The van der Waals surface area contributed by atoms with Crippen LogP contribution in [0.1, 0.15) is 27.1 Å². The van der Waals surface area contributed by atoms with E-state index in [1.165, 1.54) is 22.3 Å². The second kappa shape index (κ2) is 8.12. The van der Waals surface area contributed by atoms with E-state index in [0.29, 0.717) is 4.83 Å². The molecule has 1 heteroatoms. The Bertz CT molecular complexity index is 702. The Morgan fingerprint density at radius 2 is 1.04 bits per heavy atom. The van der Waals surface area contributed by atoms with E-state index in [2.05, 4.69) is 101 Å². The minimum absolute atomic E-state index is 0.369. The molecule has 23 heavy (non-hydrogen) atoms. The van der Waals surface area contributed by atoms with Crippen LogP contribution in [0.3, 0.4) is 0 Å². The molecule has 0 N–H and O–H groups in total. The van der Waals surface area contributed by atoms with Gasteiger partial charge in [0, 0.05) is 4.83 Å². The molecule has 3 rings (SSSR count). The van der Waals surface area contributed by atoms with Gasteiger partial charge in [0.05, 0.1) is 0 Å². The Morgan fingerprint density at radius 1 is 0.565 bits per heavy atom. The van der Waals surface area contributed by atoms with Crippen LogP contribution >= 0.6 is 15.9 Å². The summed E-state index contributed by atoms with van der Waals surface area (Å²) in [6.07, 6.45) is 3.21. The molecule has 0 radical (unpaired) electrons. The monoisotopic (exact) mass is 364 g/mol. The summed E-state index contributed by atoms with van der Waals surface area (Å²) >= 11 is 3.82. The molecule has 0 nitrogen and oxygen atoms in total. The van der Waals surface area contributed by atoms with E-state index in [0.717, 1.165) is 19.3 Å². The molecule has 1 unspecified atom stereocenters. The first kappa shape index (κ1) is 16.0. The number of benzene rings is 3. The molecule has 0 aliphatic rings. The molecule has 0 saturated carbocycles. The smallest absolute Gasteiger partial charge is 0.0435 e. The summed E-state index contributed by atoms with van der Waals surface area (Å²) in [5.41, 5.74) is 5.51. The number of halogens is 1. The molecule has 0 aromatic heterocycles. The topological polar surface area (TPSA) is 0 Å². The van der Waals surface area contributed by atoms with Crippen molar-refractivity contribution in [1.29, 1.82) is 0 Å². The Hall–Kier alpha value is -1.86. The van der Waals surface area contributed by atoms with E-state index in [1.54, 1.807) is 0 Å². The highest BCUT2D eigenvalue weighted by atomic mass is 79.9. The molecule has 0 bridgehead atoms. The maximum Gasteiger partial charge on any atom is 0.0435 e. The van der Waals surface area contributed by atoms with E-state index < -0.39 is 0 Å². The Morgan fingerprint density at radius 3 is 1.61 bits per heavy atom. The largest absolute Gasteiger partial charge is 0.0835 e. The summed E-state index contributed by atoms with van der Waals surface area (Å²) in [6.45, 7) is 0. The summed E-state index contributed by atoms with van der Waals surface area (Å²) in [5, 5.41) is 0. The van der Waals surface area contributed by atoms with Crippen molar-refractivity contribution in [2.45, 2.75) is 24.1 Å². The quantitative estimate of drug-likeness (QED) is 0.460. The van der Waals surface area contributed by atoms with Crippen LogP contribution in [0.4, 0.5) is 0 Å². The van der Waals surface area contributed by atoms with Crippen LogP contribution in [-0.4, -0.2) is 0 Å². The molecule has 0 amide bonds. The Labute approximate surface area is 147 Å². The zero-order valence-corrected chi connectivity index (χ0v) is 14.7. The van der Waals surface area contributed by atoms with Gasteiger partial charge in [0.1, 0.15) is 0 Å². The molecule has 3 aromatic rings. The lowest BCUT2D eigenvalue weighted by atomic mass is 10.0. The van der Waals surface area contributed by atoms with Gasteiger partial charge >= 0.3 is 0 Å². The molecule has 0 heterocycles. The molecule has 1 atom stereocenters. The summed E-state index contributed by atoms with van der Waals surface area (Å²) in [6, 6.07) is 30.3. The number of rotatable bonds is 6. The van der Waals surface area contributed by atoms with E-state index in [-0.39, 0.29) is 0 Å². The van der Waals surface area contributed by atoms with Crippen molar-refractivity contribution in [3.05, 3.63) is 107 Å². The van der Waals surface area contributed by atoms with Crippen LogP contribution in [0, 0.1) is 0 Å². The fourth-order valence-corrected chi connectivity index (χ4v) is 3.44. The van der Waals surface area contributed by atoms with Crippen molar-refractivity contribution in [2.75, 3.05) is 0 Å². The Balaban J connectivity index is 1.58. The third kappa shape index (κ3) is 4.80. The van der Waals surface area contributed by atoms with Crippen LogP contribution in [-0.2, 0) is 19.3 Å². The molecular weight excluding hydrogens is 344 g/mol. The predicted octanol–water partition coefficient (Wildman–Crippen LogP) is 6.15. The third-order valence-corrected chi connectivity index (χ3v) is 5.00. The van der Waals surface area contributed by atoms with Gasteiger partial charge in [-0.3, -0.25) is 0 Å². The maximum atomic E-state index is 3.82. The average Bonchev–Trinajstić information content (AvgIpc) is 2.62. The van der Waals surface area contributed by atoms with Crippen LogP contribution in [0.25, 0.3) is 0 Å². The fraction of sp³-hybridized carbons (Fsp3) is 0.182. The maximum absolute atomic E-state index is 3.82. The highest BCUT2D eigenvalue weighted by Gasteiger charge is 2.08. The molecule has 0 fully saturated rings. The van der Waals surface area contributed by atoms with E-state index in [1.807, 2.05) is 0 Å². The SMILES string of the molecule is BrC(Cc1ccccc1)c1ccc(CCc2ccccc2)cc1. The lowest BCUT2D eigenvalue weighted by Gasteiger charge is -2.11. The summed E-state index contributed by atoms with van der Waals surface area (Å²) in [7, 11) is 0. The highest BCUT2D eigenvalue weighted by Crippen LogP contribution is 2.27. The molecule has 0 aliphatic heterocycles.